The smallest absolute Gasteiger partial charge is 0.0973 e. The molecular weight excluding hydrogens is 1040 g/mol. The van der Waals surface area contributed by atoms with Crippen molar-refractivity contribution in [3.05, 3.63) is 314 Å². The molecule has 408 valence electrons. The second-order valence-electron chi connectivity index (χ2n) is 22.3. The van der Waals surface area contributed by atoms with Gasteiger partial charge in [-0.1, -0.05) is 170 Å². The van der Waals surface area contributed by atoms with Gasteiger partial charge in [-0.2, -0.15) is 0 Å². The molecule has 2 aliphatic rings. The van der Waals surface area contributed by atoms with Crippen LogP contribution < -0.4 is 9.80 Å². The standard InChI is InChI=1S/C80H58N6/c1-3-17-61(18-4-1)83(63-43-31-55(32-44-63)57-35-47-67(48-36-57)85-75-27-13-7-21-69(75)70-22-8-14-28-76(70)85)65-51-39-59(40-52-65)79-80(82-74-26-12-11-25-73(74)81-79)60-41-53-66(54-42-60)84(62-19-5-2-6-20-62)64-45-33-56(34-46-64)58-37-49-68(50-38-58)86-77-29-15-9-23-71(77)72-24-10-16-30-78(72)86/h1-7,9,11-21,23,25-54H,8,10,22,24H2. The zero-order valence-corrected chi connectivity index (χ0v) is 47.4. The van der Waals surface area contributed by atoms with Crippen molar-refractivity contribution in [2.45, 2.75) is 25.7 Å². The Kier molecular flexibility index (Phi) is 12.7. The minimum absolute atomic E-state index is 0.826. The molecule has 3 aromatic heterocycles. The summed E-state index contributed by atoms with van der Waals surface area (Å²) in [4.78, 5) is 15.3. The first-order chi connectivity index (χ1) is 42.6. The number of aromatic nitrogens is 4. The highest BCUT2D eigenvalue weighted by Gasteiger charge is 2.22. The summed E-state index contributed by atoms with van der Waals surface area (Å²) in [7, 11) is 0. The molecule has 14 aromatic rings. The van der Waals surface area contributed by atoms with Gasteiger partial charge < -0.3 is 18.9 Å². The average molecular weight is 1100 g/mol. The molecule has 3 heterocycles. The van der Waals surface area contributed by atoms with Gasteiger partial charge in [0, 0.05) is 78.8 Å². The van der Waals surface area contributed by atoms with E-state index >= 15 is 0 Å². The second-order valence-corrected chi connectivity index (χ2v) is 22.3. The average Bonchev–Trinajstić information content (AvgIpc) is 2.16. The van der Waals surface area contributed by atoms with E-state index in [0.29, 0.717) is 0 Å². The molecule has 0 fully saturated rings. The van der Waals surface area contributed by atoms with Gasteiger partial charge in [0.15, 0.2) is 0 Å². The molecule has 6 heteroatoms. The van der Waals surface area contributed by atoms with Crippen molar-refractivity contribution in [1.29, 1.82) is 0 Å². The molecular formula is C80H58N6. The highest BCUT2D eigenvalue weighted by Crippen LogP contribution is 2.42. The highest BCUT2D eigenvalue weighted by molar-refractivity contribution is 5.93. The van der Waals surface area contributed by atoms with Crippen LogP contribution in [-0.4, -0.2) is 19.1 Å². The molecule has 0 N–H and O–H groups in total. The van der Waals surface area contributed by atoms with E-state index in [1.165, 1.54) is 66.8 Å². The largest absolute Gasteiger partial charge is 0.311 e. The maximum absolute atomic E-state index is 5.34. The van der Waals surface area contributed by atoms with Gasteiger partial charge in [0.2, 0.25) is 0 Å². The fourth-order valence-corrected chi connectivity index (χ4v) is 13.1. The molecule has 0 spiro atoms. The minimum Gasteiger partial charge on any atom is -0.311 e. The monoisotopic (exact) mass is 1100 g/mol. The van der Waals surface area contributed by atoms with Crippen LogP contribution in [0.4, 0.5) is 34.1 Å². The van der Waals surface area contributed by atoms with Crippen molar-refractivity contribution in [1.82, 2.24) is 19.1 Å². The van der Waals surface area contributed by atoms with E-state index < -0.39 is 0 Å². The summed E-state index contributed by atoms with van der Waals surface area (Å²) in [6.07, 6.45) is 13.5. The maximum atomic E-state index is 5.34. The third-order valence-corrected chi connectivity index (χ3v) is 17.3. The van der Waals surface area contributed by atoms with Gasteiger partial charge >= 0.3 is 0 Å². The Bertz CT molecular complexity index is 4550. The van der Waals surface area contributed by atoms with Crippen LogP contribution in [0.3, 0.4) is 0 Å². The molecule has 0 radical (unpaired) electrons. The molecule has 11 aromatic carbocycles. The predicted octanol–water partition coefficient (Wildman–Crippen LogP) is 21.0. The topological polar surface area (TPSA) is 42.1 Å². The number of fused-ring (bicyclic) bond motifs is 7. The third kappa shape index (κ3) is 9.07. The Morgan fingerprint density at radius 3 is 0.953 bits per heavy atom. The van der Waals surface area contributed by atoms with Gasteiger partial charge in [-0.05, 0) is 193 Å². The van der Waals surface area contributed by atoms with E-state index in [-0.39, 0.29) is 0 Å². The molecule has 0 saturated heterocycles. The summed E-state index contributed by atoms with van der Waals surface area (Å²) in [5.74, 6) is 0. The number of para-hydroxylation sites is 6. The number of allylic oxidation sites excluding steroid dienone is 2. The lowest BCUT2D eigenvalue weighted by Gasteiger charge is -2.26. The van der Waals surface area contributed by atoms with E-state index in [0.717, 1.165) is 104 Å². The number of nitrogens with zero attached hydrogens (tertiary/aromatic N) is 6. The van der Waals surface area contributed by atoms with Crippen molar-refractivity contribution >= 4 is 79.1 Å². The van der Waals surface area contributed by atoms with Crippen LogP contribution in [0.15, 0.2) is 291 Å². The van der Waals surface area contributed by atoms with Crippen molar-refractivity contribution in [2.75, 3.05) is 9.80 Å². The molecule has 2 aliphatic carbocycles. The summed E-state index contributed by atoms with van der Waals surface area (Å²) >= 11 is 0. The summed E-state index contributed by atoms with van der Waals surface area (Å²) in [5.41, 5.74) is 26.7. The van der Waals surface area contributed by atoms with Crippen LogP contribution >= 0.6 is 0 Å². The van der Waals surface area contributed by atoms with Crippen LogP contribution in [-0.2, 0) is 12.8 Å². The first-order valence-electron chi connectivity index (χ1n) is 29.8. The molecule has 0 atom stereocenters. The quantitative estimate of drug-likeness (QED) is 0.122. The van der Waals surface area contributed by atoms with Crippen molar-refractivity contribution < 1.29 is 0 Å². The first kappa shape index (κ1) is 50.6. The van der Waals surface area contributed by atoms with Crippen molar-refractivity contribution in [2.24, 2.45) is 0 Å². The fraction of sp³-hybridized carbons (Fsp3) is 0.0500. The van der Waals surface area contributed by atoms with Gasteiger partial charge in [-0.15, -0.1) is 0 Å². The molecule has 86 heavy (non-hydrogen) atoms. The maximum Gasteiger partial charge on any atom is 0.0973 e. The summed E-state index contributed by atoms with van der Waals surface area (Å²) < 4.78 is 4.83. The van der Waals surface area contributed by atoms with E-state index in [4.69, 9.17) is 9.97 Å². The Labute approximate surface area is 500 Å². The zero-order valence-electron chi connectivity index (χ0n) is 47.4. The van der Waals surface area contributed by atoms with Gasteiger partial charge in [0.05, 0.1) is 33.5 Å². The van der Waals surface area contributed by atoms with E-state index in [9.17, 15) is 0 Å². The summed E-state index contributed by atoms with van der Waals surface area (Å²) in [6.45, 7) is 0. The van der Waals surface area contributed by atoms with Crippen LogP contribution in [0.2, 0.25) is 0 Å². The fourth-order valence-electron chi connectivity index (χ4n) is 13.1. The molecule has 0 amide bonds. The Morgan fingerprint density at radius 1 is 0.279 bits per heavy atom. The van der Waals surface area contributed by atoms with Crippen LogP contribution in [0.25, 0.3) is 101 Å². The molecule has 16 rings (SSSR count). The lowest BCUT2D eigenvalue weighted by atomic mass is 10.0. The molecule has 0 aliphatic heterocycles. The Balaban J connectivity index is 0.684. The number of anilines is 6. The van der Waals surface area contributed by atoms with Crippen LogP contribution in [0.5, 0.6) is 0 Å². The lowest BCUT2D eigenvalue weighted by Crippen LogP contribution is -2.10. The SMILES string of the molecule is C1=Cc2c(c3ccccc3n2-c2ccc(-c3ccc(N(c4ccccc4)c4ccc(-c5nc6ccccc6nc5-c5ccc(N(c6ccccc6)c6ccc(-c7ccc(-n8c9c(c%10ccccc%108)CCC=C9)cc7)cc6)cc5)cc4)cc3)cc2)CC1. The van der Waals surface area contributed by atoms with Crippen molar-refractivity contribution in [3.63, 3.8) is 0 Å². The lowest BCUT2D eigenvalue weighted by molar-refractivity contribution is 0.967. The van der Waals surface area contributed by atoms with E-state index in [1.807, 2.05) is 24.3 Å². The van der Waals surface area contributed by atoms with Crippen molar-refractivity contribution in [3.8, 4) is 56.1 Å². The molecule has 0 bridgehead atoms. The number of hydrogen-bond donors (Lipinski definition) is 0. The predicted molar refractivity (Wildman–Crippen MR) is 359 cm³/mol. The van der Waals surface area contributed by atoms with Crippen LogP contribution in [0, 0.1) is 0 Å². The number of aryl methyl sites for hydroxylation is 2. The summed E-state index contributed by atoms with van der Waals surface area (Å²) in [5, 5.41) is 2.69. The van der Waals surface area contributed by atoms with Crippen LogP contribution in [0.1, 0.15) is 35.4 Å². The van der Waals surface area contributed by atoms with E-state index in [2.05, 4.69) is 298 Å². The second kappa shape index (κ2) is 21.6. The zero-order chi connectivity index (χ0) is 56.9. The van der Waals surface area contributed by atoms with Gasteiger partial charge in [0.1, 0.15) is 0 Å². The number of benzene rings is 11. The van der Waals surface area contributed by atoms with E-state index in [1.54, 1.807) is 0 Å². The highest BCUT2D eigenvalue weighted by atomic mass is 15.1. The Hall–Kier alpha value is -11.1. The first-order valence-corrected chi connectivity index (χ1v) is 29.8. The minimum atomic E-state index is 0.826. The molecule has 0 unspecified atom stereocenters. The third-order valence-electron chi connectivity index (χ3n) is 17.3. The molecule has 6 nitrogen and oxygen atoms in total. The molecule has 0 saturated carbocycles. The summed E-state index contributed by atoms with van der Waals surface area (Å²) in [6, 6.07) is 100. The number of hydrogen-bond acceptors (Lipinski definition) is 4. The van der Waals surface area contributed by atoms with Gasteiger partial charge in [-0.3, -0.25) is 0 Å². The normalized spacial score (nSPS) is 12.6. The van der Waals surface area contributed by atoms with Gasteiger partial charge in [-0.25, -0.2) is 9.97 Å². The van der Waals surface area contributed by atoms with Gasteiger partial charge in [0.25, 0.3) is 0 Å². The Morgan fingerprint density at radius 2 is 0.581 bits per heavy atom. The number of rotatable bonds is 12.